The summed E-state index contributed by atoms with van der Waals surface area (Å²) in [5, 5.41) is 11.8. The number of anilines is 3. The molecule has 0 fully saturated rings. The van der Waals surface area contributed by atoms with E-state index in [1.165, 1.54) is 24.5 Å². The van der Waals surface area contributed by atoms with Crippen LogP contribution in [0.3, 0.4) is 0 Å². The number of carbonyl (C=O) groups excluding carboxylic acids is 1. The Bertz CT molecular complexity index is 864. The summed E-state index contributed by atoms with van der Waals surface area (Å²) in [7, 11) is 0. The molecule has 8 nitrogen and oxygen atoms in total. The number of nitrogens with zero attached hydrogens (tertiary/aromatic N) is 2. The number of primary amides is 1. The zero-order valence-corrected chi connectivity index (χ0v) is 14.8. The predicted molar refractivity (Wildman–Crippen MR) is 104 cm³/mol. The maximum absolute atomic E-state index is 11.3. The van der Waals surface area contributed by atoms with Crippen LogP contribution in [-0.2, 0) is 0 Å². The molecule has 140 valence electrons. The van der Waals surface area contributed by atoms with Crippen LogP contribution in [0.4, 0.5) is 17.2 Å². The van der Waals surface area contributed by atoms with Crippen molar-refractivity contribution in [1.82, 2.24) is 9.97 Å². The van der Waals surface area contributed by atoms with E-state index in [9.17, 15) is 4.79 Å². The molecule has 8 heteroatoms. The van der Waals surface area contributed by atoms with Crippen LogP contribution in [-0.4, -0.2) is 27.6 Å². The molecule has 0 saturated heterocycles. The van der Waals surface area contributed by atoms with Crippen LogP contribution in [0.5, 0.6) is 11.5 Å². The standard InChI is InChI=1S/C14H15N3O2.C5H6N2O/c1-2-19-13-6-4-3-5-12(13)17-11-7-8-16-9-10(11)14(15)18;6-5-2-1-4(8)3-7-5/h3-9H,2H2,1H3,(H2,15,18)(H,16,17);1-3,8H,(H2,6,7). The number of carbonyl (C=O) groups is 1. The van der Waals surface area contributed by atoms with E-state index in [-0.39, 0.29) is 5.75 Å². The molecule has 0 aliphatic heterocycles. The third-order valence-corrected chi connectivity index (χ3v) is 3.31. The number of benzene rings is 1. The minimum absolute atomic E-state index is 0.138. The van der Waals surface area contributed by atoms with E-state index in [1.807, 2.05) is 31.2 Å². The molecule has 0 atom stereocenters. The second-order valence-electron chi connectivity index (χ2n) is 5.28. The zero-order chi connectivity index (χ0) is 19.6. The maximum atomic E-state index is 11.3. The van der Waals surface area contributed by atoms with Crippen LogP contribution < -0.4 is 21.5 Å². The Labute approximate surface area is 156 Å². The van der Waals surface area contributed by atoms with Gasteiger partial charge in [0.2, 0.25) is 0 Å². The maximum Gasteiger partial charge on any atom is 0.252 e. The number of para-hydroxylation sites is 2. The number of nitrogens with two attached hydrogens (primary N) is 2. The lowest BCUT2D eigenvalue weighted by molar-refractivity contribution is 0.100. The van der Waals surface area contributed by atoms with Crippen LogP contribution in [0.2, 0.25) is 0 Å². The molecule has 27 heavy (non-hydrogen) atoms. The molecule has 0 aliphatic carbocycles. The highest BCUT2D eigenvalue weighted by Crippen LogP contribution is 2.28. The molecule has 0 radical (unpaired) electrons. The molecular formula is C19H21N5O3. The van der Waals surface area contributed by atoms with Gasteiger partial charge in [0.25, 0.3) is 5.91 Å². The van der Waals surface area contributed by atoms with Gasteiger partial charge in [-0.25, -0.2) is 4.98 Å². The fourth-order valence-electron chi connectivity index (χ4n) is 2.09. The van der Waals surface area contributed by atoms with E-state index in [2.05, 4.69) is 15.3 Å². The number of hydrogen-bond acceptors (Lipinski definition) is 7. The van der Waals surface area contributed by atoms with Crippen molar-refractivity contribution < 1.29 is 14.6 Å². The topological polar surface area (TPSA) is 136 Å². The first-order valence-corrected chi connectivity index (χ1v) is 8.14. The average Bonchev–Trinajstić information content (AvgIpc) is 2.67. The molecule has 0 bridgehead atoms. The fraction of sp³-hybridized carbons (Fsp3) is 0.105. The molecule has 1 amide bonds. The summed E-state index contributed by atoms with van der Waals surface area (Å²) in [5.74, 6) is 0.753. The van der Waals surface area contributed by atoms with Crippen molar-refractivity contribution in [3.05, 3.63) is 66.6 Å². The van der Waals surface area contributed by atoms with Gasteiger partial charge in [0, 0.05) is 12.4 Å². The second kappa shape index (κ2) is 9.62. The monoisotopic (exact) mass is 367 g/mol. The lowest BCUT2D eigenvalue weighted by Gasteiger charge is -2.13. The number of aromatic hydroxyl groups is 1. The van der Waals surface area contributed by atoms with Gasteiger partial charge in [-0.2, -0.15) is 0 Å². The minimum atomic E-state index is -0.524. The number of rotatable bonds is 5. The van der Waals surface area contributed by atoms with Crippen molar-refractivity contribution in [3.8, 4) is 11.5 Å². The summed E-state index contributed by atoms with van der Waals surface area (Å²) < 4.78 is 5.52. The van der Waals surface area contributed by atoms with Gasteiger partial charge in [-0.3, -0.25) is 9.78 Å². The first-order chi connectivity index (χ1) is 13.0. The SMILES string of the molecule is CCOc1ccccc1Nc1ccncc1C(N)=O.Nc1ccc(O)cn1. The first kappa shape index (κ1) is 19.5. The lowest BCUT2D eigenvalue weighted by Crippen LogP contribution is -2.13. The van der Waals surface area contributed by atoms with Crippen LogP contribution in [0, 0.1) is 0 Å². The van der Waals surface area contributed by atoms with Gasteiger partial charge < -0.3 is 26.6 Å². The normalized spacial score (nSPS) is 9.67. The van der Waals surface area contributed by atoms with Crippen molar-refractivity contribution in [3.63, 3.8) is 0 Å². The Balaban J connectivity index is 0.000000273. The van der Waals surface area contributed by atoms with Gasteiger partial charge in [-0.1, -0.05) is 12.1 Å². The van der Waals surface area contributed by atoms with Gasteiger partial charge >= 0.3 is 0 Å². The molecule has 0 saturated carbocycles. The quantitative estimate of drug-likeness (QED) is 0.544. The van der Waals surface area contributed by atoms with E-state index in [0.717, 1.165) is 11.4 Å². The number of ether oxygens (including phenoxy) is 1. The van der Waals surface area contributed by atoms with Gasteiger partial charge in [0.15, 0.2) is 0 Å². The summed E-state index contributed by atoms with van der Waals surface area (Å²) in [5.41, 5.74) is 12.2. The van der Waals surface area contributed by atoms with Crippen LogP contribution in [0.1, 0.15) is 17.3 Å². The molecule has 3 aromatic rings. The minimum Gasteiger partial charge on any atom is -0.506 e. The van der Waals surface area contributed by atoms with Crippen LogP contribution in [0.25, 0.3) is 0 Å². The number of aromatic nitrogens is 2. The van der Waals surface area contributed by atoms with Crippen molar-refractivity contribution in [2.24, 2.45) is 5.73 Å². The summed E-state index contributed by atoms with van der Waals surface area (Å²) in [6.07, 6.45) is 4.33. The van der Waals surface area contributed by atoms with Crippen molar-refractivity contribution in [2.45, 2.75) is 6.92 Å². The molecule has 2 heterocycles. The molecule has 1 aromatic carbocycles. The third kappa shape index (κ3) is 5.89. The smallest absolute Gasteiger partial charge is 0.252 e. The predicted octanol–water partition coefficient (Wildman–Crippen LogP) is 2.69. The molecule has 2 aromatic heterocycles. The van der Waals surface area contributed by atoms with E-state index in [1.54, 1.807) is 12.3 Å². The largest absolute Gasteiger partial charge is 0.506 e. The molecule has 3 rings (SSSR count). The van der Waals surface area contributed by atoms with Crippen molar-refractivity contribution >= 4 is 23.1 Å². The third-order valence-electron chi connectivity index (χ3n) is 3.31. The summed E-state index contributed by atoms with van der Waals surface area (Å²) in [6.45, 7) is 2.48. The van der Waals surface area contributed by atoms with Crippen molar-refractivity contribution in [2.75, 3.05) is 17.7 Å². The van der Waals surface area contributed by atoms with E-state index < -0.39 is 5.91 Å². The Hall–Kier alpha value is -3.81. The number of amides is 1. The Morgan fingerprint density at radius 3 is 2.56 bits per heavy atom. The van der Waals surface area contributed by atoms with Crippen LogP contribution in [0.15, 0.2) is 61.1 Å². The van der Waals surface area contributed by atoms with E-state index in [4.69, 9.17) is 21.3 Å². The Kier molecular flexibility index (Phi) is 6.95. The summed E-state index contributed by atoms with van der Waals surface area (Å²) in [4.78, 5) is 18.8. The molecule has 0 spiro atoms. The fourth-order valence-corrected chi connectivity index (χ4v) is 2.09. The lowest BCUT2D eigenvalue weighted by atomic mass is 10.2. The van der Waals surface area contributed by atoms with Gasteiger partial charge in [0.1, 0.15) is 17.3 Å². The number of nitrogens with one attached hydrogen (secondary N) is 1. The highest BCUT2D eigenvalue weighted by Gasteiger charge is 2.10. The molecule has 6 N–H and O–H groups in total. The highest BCUT2D eigenvalue weighted by molar-refractivity contribution is 5.99. The van der Waals surface area contributed by atoms with Gasteiger partial charge in [0.05, 0.1) is 29.7 Å². The van der Waals surface area contributed by atoms with Crippen LogP contribution >= 0.6 is 0 Å². The van der Waals surface area contributed by atoms with Gasteiger partial charge in [-0.05, 0) is 37.3 Å². The number of hydrogen-bond donors (Lipinski definition) is 4. The first-order valence-electron chi connectivity index (χ1n) is 8.14. The summed E-state index contributed by atoms with van der Waals surface area (Å²) in [6, 6.07) is 12.2. The van der Waals surface area contributed by atoms with Crippen molar-refractivity contribution in [1.29, 1.82) is 0 Å². The van der Waals surface area contributed by atoms with E-state index >= 15 is 0 Å². The Morgan fingerprint density at radius 2 is 1.93 bits per heavy atom. The highest BCUT2D eigenvalue weighted by atomic mass is 16.5. The Morgan fingerprint density at radius 1 is 1.15 bits per heavy atom. The van der Waals surface area contributed by atoms with E-state index in [0.29, 0.717) is 23.7 Å². The molecule has 0 aliphatic rings. The molecule has 0 unspecified atom stereocenters. The zero-order valence-electron chi connectivity index (χ0n) is 14.8. The molecular weight excluding hydrogens is 346 g/mol. The number of nitrogen functional groups attached to an aromatic ring is 1. The summed E-state index contributed by atoms with van der Waals surface area (Å²) >= 11 is 0. The number of pyridine rings is 2. The van der Waals surface area contributed by atoms with Gasteiger partial charge in [-0.15, -0.1) is 0 Å². The average molecular weight is 367 g/mol. The second-order valence-corrected chi connectivity index (χ2v) is 5.28.